The number of hydrogen-bond donors (Lipinski definition) is 0. The second kappa shape index (κ2) is 36.8. The molecular weight excluding hydrogens is 749 g/mol. The molecule has 0 spiro atoms. The average molecular weight is 839 g/mol. The molecule has 0 saturated heterocycles. The lowest BCUT2D eigenvalue weighted by molar-refractivity contribution is -0.344. The highest BCUT2D eigenvalue weighted by molar-refractivity contribution is 5.82. The van der Waals surface area contributed by atoms with Gasteiger partial charge in [-0.1, -0.05) is 217 Å². The summed E-state index contributed by atoms with van der Waals surface area (Å²) in [6.07, 6.45) is 50.9. The van der Waals surface area contributed by atoms with Crippen LogP contribution in [0.1, 0.15) is 255 Å². The van der Waals surface area contributed by atoms with Crippen LogP contribution in [0.25, 0.3) is 16.9 Å². The molecule has 0 aromatic heterocycles. The minimum atomic E-state index is 0.867. The van der Waals surface area contributed by atoms with Crippen LogP contribution in [-0.4, -0.2) is 4.70 Å². The number of benzene rings is 2. The Morgan fingerprint density at radius 2 is 0.806 bits per heavy atom. The molecule has 0 aliphatic carbocycles. The summed E-state index contributed by atoms with van der Waals surface area (Å²) in [7, 11) is 0. The Balaban J connectivity index is 1.52. The topological polar surface area (TPSA) is 25.3 Å². The Hall–Kier alpha value is -3.62. The van der Waals surface area contributed by atoms with Crippen LogP contribution in [0.3, 0.4) is 0 Å². The SMILES string of the molecule is CCCCCCC=CC1=C(c2ccccc2CCCC#CCCCCCCCCCCCCC)[N+](=[N-])C(c2ccccc2CCCC#CCCCCCCCCCCCCC)=C1. The van der Waals surface area contributed by atoms with Gasteiger partial charge < -0.3 is 5.53 Å². The summed E-state index contributed by atoms with van der Waals surface area (Å²) in [5, 5.41) is 0. The lowest BCUT2D eigenvalue weighted by Crippen LogP contribution is -2.06. The van der Waals surface area contributed by atoms with E-state index in [1.165, 1.54) is 183 Å². The molecule has 2 heteroatoms. The summed E-state index contributed by atoms with van der Waals surface area (Å²) >= 11 is 0. The van der Waals surface area contributed by atoms with E-state index in [1.807, 2.05) is 0 Å². The van der Waals surface area contributed by atoms with Gasteiger partial charge in [0.15, 0.2) is 0 Å². The maximum atomic E-state index is 12.1. The van der Waals surface area contributed by atoms with Crippen molar-refractivity contribution in [3.8, 4) is 23.7 Å². The first kappa shape index (κ1) is 52.7. The Kier molecular flexibility index (Phi) is 31.3. The molecule has 0 amide bonds. The van der Waals surface area contributed by atoms with E-state index in [0.717, 1.165) is 85.9 Å². The van der Waals surface area contributed by atoms with Crippen molar-refractivity contribution >= 4 is 11.4 Å². The van der Waals surface area contributed by atoms with Crippen LogP contribution in [0.2, 0.25) is 0 Å². The minimum Gasteiger partial charge on any atom is -0.493 e. The quantitative estimate of drug-likeness (QED) is 0.0371. The van der Waals surface area contributed by atoms with Crippen LogP contribution in [-0.2, 0) is 12.8 Å². The van der Waals surface area contributed by atoms with Gasteiger partial charge in [-0.2, -0.15) is 0 Å². The van der Waals surface area contributed by atoms with Crippen LogP contribution in [0.4, 0.5) is 0 Å². The second-order valence-corrected chi connectivity index (χ2v) is 18.2. The van der Waals surface area contributed by atoms with Crippen LogP contribution in [0.5, 0.6) is 0 Å². The van der Waals surface area contributed by atoms with Gasteiger partial charge in [0.1, 0.15) is 0 Å². The molecule has 0 saturated carbocycles. The highest BCUT2D eigenvalue weighted by atomic mass is 15.2. The van der Waals surface area contributed by atoms with Gasteiger partial charge in [0.2, 0.25) is 11.4 Å². The maximum absolute atomic E-state index is 12.1. The van der Waals surface area contributed by atoms with Gasteiger partial charge in [0.25, 0.3) is 0 Å². The van der Waals surface area contributed by atoms with Crippen molar-refractivity contribution < 1.29 is 4.70 Å². The van der Waals surface area contributed by atoms with Crippen molar-refractivity contribution in [2.24, 2.45) is 0 Å². The molecular formula is C60H90N2. The summed E-state index contributed by atoms with van der Waals surface area (Å²) in [5.74, 6) is 13.9. The highest BCUT2D eigenvalue weighted by Crippen LogP contribution is 2.39. The van der Waals surface area contributed by atoms with Gasteiger partial charge in [0.05, 0.1) is 5.57 Å². The third-order valence-corrected chi connectivity index (χ3v) is 12.6. The third kappa shape index (κ3) is 23.2. The Bertz CT molecular complexity index is 1700. The smallest absolute Gasteiger partial charge is 0.215 e. The molecule has 0 unspecified atom stereocenters. The van der Waals surface area contributed by atoms with Gasteiger partial charge in [-0.3, -0.25) is 0 Å². The van der Waals surface area contributed by atoms with Crippen molar-refractivity contribution in [1.82, 2.24) is 0 Å². The number of aryl methyl sites for hydroxylation is 2. The van der Waals surface area contributed by atoms with E-state index in [1.54, 1.807) is 0 Å². The first-order valence-corrected chi connectivity index (χ1v) is 26.4. The van der Waals surface area contributed by atoms with Gasteiger partial charge >= 0.3 is 0 Å². The lowest BCUT2D eigenvalue weighted by atomic mass is 9.97. The second-order valence-electron chi connectivity index (χ2n) is 18.2. The summed E-state index contributed by atoms with van der Waals surface area (Å²) in [6.45, 7) is 6.85. The molecule has 0 N–H and O–H groups in total. The van der Waals surface area contributed by atoms with Gasteiger partial charge in [-0.15, -0.1) is 23.7 Å². The molecule has 1 heterocycles. The van der Waals surface area contributed by atoms with Gasteiger partial charge in [-0.25, -0.2) is 4.70 Å². The van der Waals surface area contributed by atoms with E-state index < -0.39 is 0 Å². The van der Waals surface area contributed by atoms with Crippen LogP contribution in [0, 0.1) is 23.7 Å². The highest BCUT2D eigenvalue weighted by Gasteiger charge is 2.30. The van der Waals surface area contributed by atoms with Gasteiger partial charge in [-0.05, 0) is 74.6 Å². The molecule has 2 aromatic rings. The normalized spacial score (nSPS) is 12.5. The van der Waals surface area contributed by atoms with E-state index in [4.69, 9.17) is 0 Å². The van der Waals surface area contributed by atoms with Gasteiger partial charge in [0, 0.05) is 42.9 Å². The summed E-state index contributed by atoms with van der Waals surface area (Å²) in [5.41, 5.74) is 19.7. The fourth-order valence-corrected chi connectivity index (χ4v) is 8.81. The first-order chi connectivity index (χ1) is 30.7. The lowest BCUT2D eigenvalue weighted by Gasteiger charge is -2.14. The molecule has 2 nitrogen and oxygen atoms in total. The van der Waals surface area contributed by atoms with Crippen molar-refractivity contribution in [2.45, 2.75) is 245 Å². The van der Waals surface area contributed by atoms with Crippen molar-refractivity contribution in [3.63, 3.8) is 0 Å². The monoisotopic (exact) mass is 839 g/mol. The fourth-order valence-electron chi connectivity index (χ4n) is 8.81. The first-order valence-electron chi connectivity index (χ1n) is 26.4. The van der Waals surface area contributed by atoms with Crippen LogP contribution in [0.15, 0.2) is 72.3 Å². The zero-order chi connectivity index (χ0) is 44.0. The van der Waals surface area contributed by atoms with Crippen molar-refractivity contribution in [3.05, 3.63) is 100 Å². The molecule has 62 heavy (non-hydrogen) atoms. The van der Waals surface area contributed by atoms with E-state index in [2.05, 4.69) is 111 Å². The zero-order valence-electron chi connectivity index (χ0n) is 40.5. The van der Waals surface area contributed by atoms with E-state index in [0.29, 0.717) is 0 Å². The van der Waals surface area contributed by atoms with Crippen LogP contribution < -0.4 is 0 Å². The Morgan fingerprint density at radius 3 is 1.27 bits per heavy atom. The third-order valence-electron chi connectivity index (χ3n) is 12.6. The average Bonchev–Trinajstić information content (AvgIpc) is 3.62. The van der Waals surface area contributed by atoms with Crippen LogP contribution >= 0.6 is 0 Å². The number of allylic oxidation sites excluding steroid dienone is 4. The van der Waals surface area contributed by atoms with E-state index in [9.17, 15) is 5.53 Å². The molecule has 1 aliphatic heterocycles. The molecule has 340 valence electrons. The number of nitrogens with zero attached hydrogens (tertiary/aromatic N) is 2. The predicted molar refractivity (Wildman–Crippen MR) is 273 cm³/mol. The molecule has 1 aliphatic rings. The maximum Gasteiger partial charge on any atom is 0.215 e. The minimum absolute atomic E-state index is 0.867. The largest absolute Gasteiger partial charge is 0.493 e. The number of unbranched alkanes of at least 4 members (excludes halogenated alkanes) is 28. The number of hydrogen-bond acceptors (Lipinski definition) is 0. The molecule has 0 fully saturated rings. The fraction of sp³-hybridized carbons (Fsp3) is 0.633. The molecule has 2 aromatic carbocycles. The summed E-state index contributed by atoms with van der Waals surface area (Å²) in [6, 6.07) is 17.3. The van der Waals surface area contributed by atoms with E-state index >= 15 is 0 Å². The van der Waals surface area contributed by atoms with Crippen molar-refractivity contribution in [2.75, 3.05) is 0 Å². The van der Waals surface area contributed by atoms with E-state index in [-0.39, 0.29) is 0 Å². The summed E-state index contributed by atoms with van der Waals surface area (Å²) in [4.78, 5) is 0. The predicted octanol–water partition coefficient (Wildman–Crippen LogP) is 19.1. The molecule has 0 atom stereocenters. The Morgan fingerprint density at radius 1 is 0.435 bits per heavy atom. The molecule has 0 radical (unpaired) electrons. The molecule has 0 bridgehead atoms. The van der Waals surface area contributed by atoms with Crippen molar-refractivity contribution in [1.29, 1.82) is 0 Å². The Labute approximate surface area is 383 Å². The standard InChI is InChI=1S/C60H90N2/c1-4-7-10-13-16-18-20-22-24-26-28-30-32-34-37-39-46-54-48-42-44-51-57(54)59-53-56(50-41-36-15-12-9-6-3)60(62(59)61)58-52-45-43-49-55(58)47-40-38-35-33-31-29-27-25-23-21-19-17-14-11-8-5-2/h41-45,48-53H,4-31,36-40,46-47H2,1-3H3. The summed E-state index contributed by atoms with van der Waals surface area (Å²) < 4.78 is 1.48. The molecule has 3 rings (SSSR count). The zero-order valence-corrected chi connectivity index (χ0v) is 40.5. The number of rotatable bonds is 36.